The molecule has 28 heavy (non-hydrogen) atoms. The lowest BCUT2D eigenvalue weighted by molar-refractivity contribution is 0.0604. The minimum Gasteiger partial charge on any atom is -0.381 e. The van der Waals surface area contributed by atoms with Crippen LogP contribution in [0.25, 0.3) is 0 Å². The molecule has 0 amide bonds. The first kappa shape index (κ1) is 19.6. The molecule has 0 radical (unpaired) electrons. The molecule has 2 aromatic rings. The van der Waals surface area contributed by atoms with Gasteiger partial charge < -0.3 is 9.26 Å². The zero-order valence-electron chi connectivity index (χ0n) is 17.3. The van der Waals surface area contributed by atoms with E-state index in [1.54, 1.807) is 0 Å². The molecule has 4 rings (SSSR count). The Morgan fingerprint density at radius 3 is 2.54 bits per heavy atom. The van der Waals surface area contributed by atoms with Crippen LogP contribution < -0.4 is 0 Å². The minimum atomic E-state index is -0.0733. The lowest BCUT2D eigenvalue weighted by Crippen LogP contribution is -2.26. The van der Waals surface area contributed by atoms with Gasteiger partial charge in [0, 0.05) is 13.2 Å². The maximum atomic E-state index is 5.69. The molecule has 1 saturated carbocycles. The van der Waals surface area contributed by atoms with Crippen LogP contribution in [0.15, 0.2) is 28.8 Å². The van der Waals surface area contributed by atoms with Gasteiger partial charge in [0.1, 0.15) is 0 Å². The van der Waals surface area contributed by atoms with Crippen LogP contribution in [0.2, 0.25) is 0 Å². The van der Waals surface area contributed by atoms with Crippen LogP contribution in [0.3, 0.4) is 0 Å². The van der Waals surface area contributed by atoms with Gasteiger partial charge in [0.05, 0.1) is 12.0 Å². The Morgan fingerprint density at radius 1 is 1.11 bits per heavy atom. The number of hydrogen-bond acceptors (Lipinski definition) is 5. The van der Waals surface area contributed by atoms with Crippen molar-refractivity contribution in [2.45, 2.75) is 63.8 Å². The number of nitrogens with zero attached hydrogens (tertiary/aromatic N) is 3. The molecule has 0 unspecified atom stereocenters. The highest BCUT2D eigenvalue weighted by molar-refractivity contribution is 5.35. The Kier molecular flexibility index (Phi) is 6.12. The molecule has 5 nitrogen and oxygen atoms in total. The molecule has 1 aliphatic carbocycles. The third kappa shape index (κ3) is 4.31. The molecule has 1 aromatic carbocycles. The fourth-order valence-corrected chi connectivity index (χ4v) is 4.75. The summed E-state index contributed by atoms with van der Waals surface area (Å²) in [4.78, 5) is 7.16. The van der Waals surface area contributed by atoms with Crippen molar-refractivity contribution in [3.63, 3.8) is 0 Å². The third-order valence-electron chi connectivity index (χ3n) is 6.62. The molecule has 152 valence electrons. The van der Waals surface area contributed by atoms with Crippen molar-refractivity contribution >= 4 is 0 Å². The van der Waals surface area contributed by atoms with E-state index < -0.39 is 0 Å². The molecule has 0 bridgehead atoms. The second-order valence-corrected chi connectivity index (χ2v) is 8.75. The van der Waals surface area contributed by atoms with Crippen LogP contribution >= 0.6 is 0 Å². The molecule has 0 atom stereocenters. The van der Waals surface area contributed by atoms with E-state index in [1.165, 1.54) is 43.2 Å². The van der Waals surface area contributed by atoms with Gasteiger partial charge in [0.2, 0.25) is 5.89 Å². The molecule has 2 fully saturated rings. The summed E-state index contributed by atoms with van der Waals surface area (Å²) in [6, 6.07) is 8.88. The highest BCUT2D eigenvalue weighted by atomic mass is 16.5. The normalized spacial score (nSPS) is 20.1. The summed E-state index contributed by atoms with van der Waals surface area (Å²) in [6.45, 7) is 5.75. The topological polar surface area (TPSA) is 51.4 Å². The van der Waals surface area contributed by atoms with Gasteiger partial charge in [-0.15, -0.1) is 0 Å². The fraction of sp³-hybridized carbons (Fsp3) is 0.652. The molecule has 0 N–H and O–H groups in total. The standard InChI is InChI=1S/C23H33N3O2/c1-18-5-7-20(8-6-18)23(12-3-4-13-23)22-24-21(28-25-22)17-26(2)14-9-19-10-15-27-16-11-19/h5-8,19H,3-4,9-17H2,1-2H3. The molecular weight excluding hydrogens is 350 g/mol. The van der Waals surface area contributed by atoms with Crippen LogP contribution in [0, 0.1) is 12.8 Å². The molecule has 5 heteroatoms. The van der Waals surface area contributed by atoms with Gasteiger partial charge in [-0.2, -0.15) is 4.98 Å². The second-order valence-electron chi connectivity index (χ2n) is 8.75. The first-order valence-corrected chi connectivity index (χ1v) is 10.8. The number of benzene rings is 1. The number of aryl methyl sites for hydroxylation is 1. The Labute approximate surface area is 168 Å². The summed E-state index contributed by atoms with van der Waals surface area (Å²) >= 11 is 0. The zero-order chi connectivity index (χ0) is 19.4. The first-order valence-electron chi connectivity index (χ1n) is 10.8. The Bertz CT molecular complexity index is 743. The molecule has 0 spiro atoms. The van der Waals surface area contributed by atoms with Crippen molar-refractivity contribution in [2.75, 3.05) is 26.8 Å². The monoisotopic (exact) mass is 383 g/mol. The number of rotatable bonds is 7. The van der Waals surface area contributed by atoms with E-state index in [0.29, 0.717) is 0 Å². The van der Waals surface area contributed by atoms with Crippen molar-refractivity contribution in [1.82, 2.24) is 15.0 Å². The van der Waals surface area contributed by atoms with E-state index in [9.17, 15) is 0 Å². The van der Waals surface area contributed by atoms with E-state index in [2.05, 4.69) is 48.3 Å². The highest BCUT2D eigenvalue weighted by Gasteiger charge is 2.41. The lowest BCUT2D eigenvalue weighted by atomic mass is 9.78. The predicted octanol–water partition coefficient (Wildman–Crippen LogP) is 4.49. The quantitative estimate of drug-likeness (QED) is 0.705. The minimum absolute atomic E-state index is 0.0733. The third-order valence-corrected chi connectivity index (χ3v) is 6.62. The summed E-state index contributed by atoms with van der Waals surface area (Å²) in [7, 11) is 2.15. The Balaban J connectivity index is 1.41. The van der Waals surface area contributed by atoms with Crippen LogP contribution in [0.5, 0.6) is 0 Å². The number of hydrogen-bond donors (Lipinski definition) is 0. The Morgan fingerprint density at radius 2 is 1.82 bits per heavy atom. The van der Waals surface area contributed by atoms with Gasteiger partial charge in [0.15, 0.2) is 5.82 Å². The average molecular weight is 384 g/mol. The van der Waals surface area contributed by atoms with Crippen LogP contribution in [-0.4, -0.2) is 41.8 Å². The summed E-state index contributed by atoms with van der Waals surface area (Å²) in [5.74, 6) is 2.40. The van der Waals surface area contributed by atoms with E-state index >= 15 is 0 Å². The van der Waals surface area contributed by atoms with Crippen molar-refractivity contribution in [1.29, 1.82) is 0 Å². The van der Waals surface area contributed by atoms with Crippen molar-refractivity contribution in [2.24, 2.45) is 5.92 Å². The van der Waals surface area contributed by atoms with E-state index in [4.69, 9.17) is 14.2 Å². The van der Waals surface area contributed by atoms with Crippen LogP contribution in [0.1, 0.15) is 67.8 Å². The summed E-state index contributed by atoms with van der Waals surface area (Å²) in [6.07, 6.45) is 8.26. The summed E-state index contributed by atoms with van der Waals surface area (Å²) < 4.78 is 11.1. The summed E-state index contributed by atoms with van der Waals surface area (Å²) in [5.41, 5.74) is 2.54. The highest BCUT2D eigenvalue weighted by Crippen LogP contribution is 2.45. The maximum absolute atomic E-state index is 5.69. The molecule has 1 saturated heterocycles. The van der Waals surface area contributed by atoms with E-state index in [0.717, 1.165) is 56.8 Å². The SMILES string of the molecule is Cc1ccc(C2(c3noc(CN(C)CCC4CCOCC4)n3)CCCC2)cc1. The lowest BCUT2D eigenvalue weighted by Gasteiger charge is -2.26. The van der Waals surface area contributed by atoms with Gasteiger partial charge >= 0.3 is 0 Å². The van der Waals surface area contributed by atoms with Crippen LogP contribution in [0.4, 0.5) is 0 Å². The first-order chi connectivity index (χ1) is 13.7. The average Bonchev–Trinajstić information content (AvgIpc) is 3.38. The van der Waals surface area contributed by atoms with E-state index in [1.807, 2.05) is 0 Å². The molecule has 2 heterocycles. The molecular formula is C23H33N3O2. The van der Waals surface area contributed by atoms with Crippen molar-refractivity contribution < 1.29 is 9.26 Å². The zero-order valence-corrected chi connectivity index (χ0v) is 17.3. The molecule has 1 aromatic heterocycles. The van der Waals surface area contributed by atoms with Gasteiger partial charge in [-0.05, 0) is 64.1 Å². The number of aromatic nitrogens is 2. The van der Waals surface area contributed by atoms with E-state index in [-0.39, 0.29) is 5.41 Å². The maximum Gasteiger partial charge on any atom is 0.240 e. The fourth-order valence-electron chi connectivity index (χ4n) is 4.75. The second kappa shape index (κ2) is 8.75. The van der Waals surface area contributed by atoms with Crippen molar-refractivity contribution in [3.05, 3.63) is 47.1 Å². The van der Waals surface area contributed by atoms with Gasteiger partial charge in [0.25, 0.3) is 0 Å². The smallest absolute Gasteiger partial charge is 0.240 e. The van der Waals surface area contributed by atoms with Gasteiger partial charge in [-0.3, -0.25) is 4.90 Å². The predicted molar refractivity (Wildman–Crippen MR) is 109 cm³/mol. The number of ether oxygens (including phenoxy) is 1. The van der Waals surface area contributed by atoms with Crippen LogP contribution in [-0.2, 0) is 16.7 Å². The summed E-state index contributed by atoms with van der Waals surface area (Å²) in [5, 5.41) is 4.44. The largest absolute Gasteiger partial charge is 0.381 e. The van der Waals surface area contributed by atoms with Crippen molar-refractivity contribution in [3.8, 4) is 0 Å². The van der Waals surface area contributed by atoms with Gasteiger partial charge in [-0.25, -0.2) is 0 Å². The molecule has 2 aliphatic rings. The Hall–Kier alpha value is -1.72. The van der Waals surface area contributed by atoms with Gasteiger partial charge in [-0.1, -0.05) is 47.8 Å². The molecule has 1 aliphatic heterocycles.